The molecule has 0 unspecified atom stereocenters. The molecule has 0 aliphatic rings. The standard InChI is InChI=1S/C18H19F3N2O2/c1-23(2)16-8-5-13(11-15(16)19)17(24)22-10-9-12-3-6-14(7-4-12)25-18(20)21/h3-8,11,18H,9-10H2,1-2H3,(H,22,24). The molecule has 7 heteroatoms. The Morgan fingerprint density at radius 1 is 1.16 bits per heavy atom. The fourth-order valence-electron chi connectivity index (χ4n) is 2.27. The van der Waals surface area contributed by atoms with Gasteiger partial charge in [0.05, 0.1) is 5.69 Å². The maximum absolute atomic E-state index is 13.9. The minimum Gasteiger partial charge on any atom is -0.435 e. The van der Waals surface area contributed by atoms with Crippen molar-refractivity contribution in [2.75, 3.05) is 25.5 Å². The highest BCUT2D eigenvalue weighted by molar-refractivity contribution is 5.94. The maximum Gasteiger partial charge on any atom is 0.387 e. The van der Waals surface area contributed by atoms with Gasteiger partial charge < -0.3 is 15.0 Å². The number of nitrogens with zero attached hydrogens (tertiary/aromatic N) is 1. The zero-order valence-electron chi connectivity index (χ0n) is 13.9. The van der Waals surface area contributed by atoms with Crippen molar-refractivity contribution in [2.45, 2.75) is 13.0 Å². The van der Waals surface area contributed by atoms with E-state index in [9.17, 15) is 18.0 Å². The lowest BCUT2D eigenvalue weighted by molar-refractivity contribution is -0.0498. The molecular formula is C18H19F3N2O2. The second-order valence-corrected chi connectivity index (χ2v) is 5.59. The quantitative estimate of drug-likeness (QED) is 0.830. The van der Waals surface area contributed by atoms with Crippen LogP contribution in [0.4, 0.5) is 18.9 Å². The molecule has 0 fully saturated rings. The van der Waals surface area contributed by atoms with Crippen LogP contribution in [0.1, 0.15) is 15.9 Å². The predicted molar refractivity (Wildman–Crippen MR) is 89.8 cm³/mol. The Morgan fingerprint density at radius 3 is 2.40 bits per heavy atom. The molecule has 0 bridgehead atoms. The largest absolute Gasteiger partial charge is 0.435 e. The Kier molecular flexibility index (Phi) is 6.27. The molecule has 0 spiro atoms. The van der Waals surface area contributed by atoms with Crippen LogP contribution < -0.4 is 15.0 Å². The second-order valence-electron chi connectivity index (χ2n) is 5.59. The van der Waals surface area contributed by atoms with E-state index in [1.807, 2.05) is 0 Å². The van der Waals surface area contributed by atoms with Gasteiger partial charge >= 0.3 is 6.61 Å². The van der Waals surface area contributed by atoms with Crippen molar-refractivity contribution in [3.05, 3.63) is 59.4 Å². The van der Waals surface area contributed by atoms with Crippen LogP contribution in [0.3, 0.4) is 0 Å². The number of anilines is 1. The molecule has 134 valence electrons. The van der Waals surface area contributed by atoms with Gasteiger partial charge in [0.25, 0.3) is 5.91 Å². The van der Waals surface area contributed by atoms with Gasteiger partial charge in [-0.3, -0.25) is 4.79 Å². The minimum atomic E-state index is -2.86. The number of ether oxygens (including phenoxy) is 1. The summed E-state index contributed by atoms with van der Waals surface area (Å²) in [5.41, 5.74) is 1.50. The summed E-state index contributed by atoms with van der Waals surface area (Å²) in [4.78, 5) is 13.7. The Balaban J connectivity index is 1.87. The highest BCUT2D eigenvalue weighted by Crippen LogP contribution is 2.18. The molecule has 4 nitrogen and oxygen atoms in total. The molecule has 0 radical (unpaired) electrons. The minimum absolute atomic E-state index is 0.0826. The monoisotopic (exact) mass is 352 g/mol. The van der Waals surface area contributed by atoms with E-state index in [1.54, 1.807) is 43.3 Å². The van der Waals surface area contributed by atoms with Gasteiger partial charge in [0.15, 0.2) is 0 Å². The van der Waals surface area contributed by atoms with Gasteiger partial charge in [-0.25, -0.2) is 4.39 Å². The van der Waals surface area contributed by atoms with E-state index in [0.717, 1.165) is 5.56 Å². The molecule has 2 aromatic rings. The average Bonchev–Trinajstić information content (AvgIpc) is 2.55. The van der Waals surface area contributed by atoms with Crippen LogP contribution in [0.15, 0.2) is 42.5 Å². The summed E-state index contributed by atoms with van der Waals surface area (Å²) in [6.45, 7) is -2.52. The molecule has 0 atom stereocenters. The average molecular weight is 352 g/mol. The summed E-state index contributed by atoms with van der Waals surface area (Å²) < 4.78 is 42.3. The van der Waals surface area contributed by atoms with Crippen LogP contribution in [0, 0.1) is 5.82 Å². The molecule has 25 heavy (non-hydrogen) atoms. The normalized spacial score (nSPS) is 10.6. The Morgan fingerprint density at radius 2 is 1.84 bits per heavy atom. The molecule has 0 saturated heterocycles. The third-order valence-corrected chi connectivity index (χ3v) is 3.54. The first-order chi connectivity index (χ1) is 11.9. The van der Waals surface area contributed by atoms with E-state index in [-0.39, 0.29) is 17.2 Å². The molecule has 1 amide bonds. The summed E-state index contributed by atoms with van der Waals surface area (Å²) in [5, 5.41) is 2.70. The maximum atomic E-state index is 13.9. The van der Waals surface area contributed by atoms with E-state index >= 15 is 0 Å². The SMILES string of the molecule is CN(C)c1ccc(C(=O)NCCc2ccc(OC(F)F)cc2)cc1F. The summed E-state index contributed by atoms with van der Waals surface area (Å²) in [6.07, 6.45) is 0.513. The number of hydrogen-bond acceptors (Lipinski definition) is 3. The number of carbonyl (C=O) groups is 1. The molecule has 0 aliphatic heterocycles. The van der Waals surface area contributed by atoms with Crippen LogP contribution in [0.5, 0.6) is 5.75 Å². The molecule has 0 aromatic heterocycles. The predicted octanol–water partition coefficient (Wildman–Crippen LogP) is 3.47. The lowest BCUT2D eigenvalue weighted by atomic mass is 10.1. The van der Waals surface area contributed by atoms with Crippen LogP contribution in [0.2, 0.25) is 0 Å². The fourth-order valence-corrected chi connectivity index (χ4v) is 2.27. The first kappa shape index (κ1) is 18.6. The second kappa shape index (κ2) is 8.41. The van der Waals surface area contributed by atoms with Crippen molar-refractivity contribution in [1.29, 1.82) is 0 Å². The number of carbonyl (C=O) groups excluding carboxylic acids is 1. The molecule has 0 aliphatic carbocycles. The van der Waals surface area contributed by atoms with Crippen molar-refractivity contribution in [3.8, 4) is 5.75 Å². The lowest BCUT2D eigenvalue weighted by Gasteiger charge is -2.14. The first-order valence-electron chi connectivity index (χ1n) is 7.65. The summed E-state index contributed by atoms with van der Waals surface area (Å²) in [7, 11) is 3.44. The van der Waals surface area contributed by atoms with Gasteiger partial charge in [-0.2, -0.15) is 8.78 Å². The first-order valence-corrected chi connectivity index (χ1v) is 7.65. The third kappa shape index (κ3) is 5.41. The van der Waals surface area contributed by atoms with Crippen molar-refractivity contribution in [3.63, 3.8) is 0 Å². The van der Waals surface area contributed by atoms with Crippen molar-refractivity contribution < 1.29 is 22.7 Å². The molecule has 2 aromatic carbocycles. The summed E-state index contributed by atoms with van der Waals surface area (Å²) in [5.74, 6) is -0.756. The van der Waals surface area contributed by atoms with E-state index in [2.05, 4.69) is 10.1 Å². The Bertz CT molecular complexity index is 719. The Labute approximate surface area is 144 Å². The fraction of sp³-hybridized carbons (Fsp3) is 0.278. The van der Waals surface area contributed by atoms with Gasteiger partial charge in [-0.05, 0) is 42.3 Å². The number of halogens is 3. The third-order valence-electron chi connectivity index (χ3n) is 3.54. The molecule has 0 saturated carbocycles. The lowest BCUT2D eigenvalue weighted by Crippen LogP contribution is -2.26. The number of hydrogen-bond donors (Lipinski definition) is 1. The molecule has 1 N–H and O–H groups in total. The highest BCUT2D eigenvalue weighted by Gasteiger charge is 2.10. The van der Waals surface area contributed by atoms with E-state index in [1.165, 1.54) is 18.2 Å². The van der Waals surface area contributed by atoms with Crippen molar-refractivity contribution >= 4 is 11.6 Å². The number of rotatable bonds is 7. The van der Waals surface area contributed by atoms with Crippen LogP contribution in [0.25, 0.3) is 0 Å². The molecule has 2 rings (SSSR count). The van der Waals surface area contributed by atoms with E-state index in [4.69, 9.17) is 0 Å². The van der Waals surface area contributed by atoms with Crippen LogP contribution >= 0.6 is 0 Å². The number of benzene rings is 2. The number of amides is 1. The smallest absolute Gasteiger partial charge is 0.387 e. The van der Waals surface area contributed by atoms with Gasteiger partial charge in [0.1, 0.15) is 11.6 Å². The summed E-state index contributed by atoms with van der Waals surface area (Å²) in [6, 6.07) is 10.5. The molecular weight excluding hydrogens is 333 g/mol. The van der Waals surface area contributed by atoms with Crippen LogP contribution in [-0.4, -0.2) is 33.2 Å². The number of nitrogens with one attached hydrogen (secondary N) is 1. The van der Waals surface area contributed by atoms with E-state index in [0.29, 0.717) is 18.7 Å². The van der Waals surface area contributed by atoms with Gasteiger partial charge in [0, 0.05) is 26.2 Å². The topological polar surface area (TPSA) is 41.6 Å². The molecule has 0 heterocycles. The van der Waals surface area contributed by atoms with Gasteiger partial charge in [-0.15, -0.1) is 0 Å². The van der Waals surface area contributed by atoms with Gasteiger partial charge in [-0.1, -0.05) is 12.1 Å². The zero-order valence-corrected chi connectivity index (χ0v) is 13.9. The highest BCUT2D eigenvalue weighted by atomic mass is 19.3. The van der Waals surface area contributed by atoms with Crippen molar-refractivity contribution in [2.24, 2.45) is 0 Å². The number of alkyl halides is 2. The van der Waals surface area contributed by atoms with Crippen molar-refractivity contribution in [1.82, 2.24) is 5.32 Å². The summed E-state index contributed by atoms with van der Waals surface area (Å²) >= 11 is 0. The van der Waals surface area contributed by atoms with E-state index < -0.39 is 12.4 Å². The van der Waals surface area contributed by atoms with Crippen LogP contribution in [-0.2, 0) is 6.42 Å². The Hall–Kier alpha value is -2.70. The van der Waals surface area contributed by atoms with Gasteiger partial charge in [0.2, 0.25) is 0 Å². The zero-order chi connectivity index (χ0) is 18.4.